The molecular weight excluding hydrogens is 1330 g/mol. The number of oxazole rings is 1. The van der Waals surface area contributed by atoms with Crippen LogP contribution < -0.4 is 32.0 Å². The maximum atomic E-state index is 14.2. The Morgan fingerprint density at radius 2 is 1.62 bits per heavy atom. The highest BCUT2D eigenvalue weighted by molar-refractivity contribution is 7.66. The molecule has 1 aliphatic heterocycles. The number of phosphoric acid groups is 3. The summed E-state index contributed by atoms with van der Waals surface area (Å²) in [5, 5.41) is 10.3. The van der Waals surface area contributed by atoms with Crippen molar-refractivity contribution >= 4 is 86.1 Å². The van der Waals surface area contributed by atoms with Crippen LogP contribution in [0.5, 0.6) is 5.75 Å². The van der Waals surface area contributed by atoms with Gasteiger partial charge in [0.2, 0.25) is 11.8 Å². The number of nitrogens with one attached hydrogen (secondary N) is 1. The summed E-state index contributed by atoms with van der Waals surface area (Å²) in [6.07, 6.45) is -0.474. The van der Waals surface area contributed by atoms with E-state index in [1.165, 1.54) is 6.07 Å². The van der Waals surface area contributed by atoms with Gasteiger partial charge in [-0.15, -0.1) is 0 Å². The predicted molar refractivity (Wildman–Crippen MR) is 341 cm³/mol. The molecule has 8 rings (SSSR count). The van der Waals surface area contributed by atoms with Gasteiger partial charge in [-0.05, 0) is 85.8 Å². The van der Waals surface area contributed by atoms with E-state index in [1.54, 1.807) is 60.7 Å². The summed E-state index contributed by atoms with van der Waals surface area (Å²) in [6, 6.07) is 24.1. The van der Waals surface area contributed by atoms with Crippen LogP contribution in [0.3, 0.4) is 0 Å². The first-order valence-electron chi connectivity index (χ1n) is 29.1. The van der Waals surface area contributed by atoms with E-state index in [0.29, 0.717) is 75.0 Å². The number of aromatic nitrogens is 3. The first kappa shape index (κ1) is 72.2. The highest BCUT2D eigenvalue weighted by Gasteiger charge is 2.44. The van der Waals surface area contributed by atoms with Crippen molar-refractivity contribution in [3.05, 3.63) is 155 Å². The van der Waals surface area contributed by atoms with Crippen molar-refractivity contribution in [3.63, 3.8) is 0 Å². The number of carbonyl (C=O) groups excluding carboxylic acids is 3. The molecule has 0 aliphatic carbocycles. The third-order valence-electron chi connectivity index (χ3n) is 14.3. The zero-order valence-corrected chi connectivity index (χ0v) is 54.0. The summed E-state index contributed by atoms with van der Waals surface area (Å²) >= 11 is 6.27. The van der Waals surface area contributed by atoms with Crippen LogP contribution in [0, 0.1) is 11.8 Å². The Balaban J connectivity index is 0.787. The number of rotatable bonds is 34. The molecule has 1 fully saturated rings. The number of nitrogens with zero attached hydrogens (tertiary/aromatic N) is 10. The van der Waals surface area contributed by atoms with Gasteiger partial charge in [-0.25, -0.2) is 28.3 Å². The lowest BCUT2D eigenvalue weighted by Gasteiger charge is -2.21. The average Bonchev–Trinajstić information content (AvgIpc) is 1.73. The van der Waals surface area contributed by atoms with E-state index in [0.717, 1.165) is 36.0 Å². The first-order chi connectivity index (χ1) is 45.4. The summed E-state index contributed by atoms with van der Waals surface area (Å²) in [6.45, 7) is 2.68. The number of ketones is 2. The standard InChI is InChI=1S/C58H62ClN12O21P3/c1-3-70(4-2)38-22-23-42-47(28-38)90-57(75)54(56-65-43-27-37(59)21-24-46(43)89-56)53(42)41-18-11-10-17-40(41)45(73)20-9-7-5-6-8-19-44(72)35-14-12-16-39(26-35)84-33-51(67-69-62)85-32-50(74)63-25-13-15-36-30-71(58(76)66-55(36)60)52-29-48(86-34-64-68-61)49(88-52)31-87-94(80,81)92-95(82,83)91-93(77,78)79/h10-12,14,16-18,21-24,26-28,30,48-49,51-52H,3-9,19-20,25,29,31-34H2,1-2H3,(H,63,74)(H,80,81)(H,82,83)(H2,60,66,76)(H2,77,78,79). The molecule has 3 aromatic heterocycles. The van der Waals surface area contributed by atoms with Gasteiger partial charge in [0.1, 0.15) is 60.5 Å². The third kappa shape index (κ3) is 20.2. The van der Waals surface area contributed by atoms with Gasteiger partial charge in [0.15, 0.2) is 23.4 Å². The van der Waals surface area contributed by atoms with Gasteiger partial charge in [-0.3, -0.25) is 23.5 Å². The molecule has 0 spiro atoms. The number of unbranched alkanes of at least 4 members (excludes halogenated alkanes) is 4. The molecular formula is C58H62ClN12O21P3. The molecule has 502 valence electrons. The van der Waals surface area contributed by atoms with E-state index in [4.69, 9.17) is 60.4 Å². The third-order valence-corrected chi connectivity index (χ3v) is 18.4. The maximum absolute atomic E-state index is 14.2. The topological polar surface area (TPSA) is 478 Å². The largest absolute Gasteiger partial charge is 0.491 e. The molecule has 0 bridgehead atoms. The van der Waals surface area contributed by atoms with Gasteiger partial charge >= 0.3 is 34.8 Å². The SMILES string of the molecule is CCN(CC)c1ccc2c(-c3ccccc3C(=O)CCCCCCCC(=O)c3cccc(OCC(N=[N+]=[N-])OCC(=O)NCC#Cc4cn(C5CC(OCN=[N+]=[N-])C(COP(=O)(O)OP(=O)(O)OP(=O)(O)O)O5)c(=O)nc4N)c3)c(-c3nc4cc(Cl)ccc4o3)c(=O)oc2c1. The molecule has 7 N–H and O–H groups in total. The van der Waals surface area contributed by atoms with Crippen LogP contribution in [0.15, 0.2) is 120 Å². The fourth-order valence-corrected chi connectivity index (χ4v) is 13.2. The highest BCUT2D eigenvalue weighted by atomic mass is 35.5. The molecule has 6 unspecified atom stereocenters. The molecule has 4 aromatic carbocycles. The Labute approximate surface area is 544 Å². The zero-order valence-electron chi connectivity index (χ0n) is 50.6. The Kier molecular flexibility index (Phi) is 25.2. The summed E-state index contributed by atoms with van der Waals surface area (Å²) in [7, 11) is -17.1. The lowest BCUT2D eigenvalue weighted by atomic mass is 9.90. The minimum atomic E-state index is -5.86. The van der Waals surface area contributed by atoms with Crippen molar-refractivity contribution in [1.29, 1.82) is 0 Å². The lowest BCUT2D eigenvalue weighted by Crippen LogP contribution is -2.31. The van der Waals surface area contributed by atoms with Gasteiger partial charge < -0.3 is 63.3 Å². The van der Waals surface area contributed by atoms with Gasteiger partial charge in [0.25, 0.3) is 0 Å². The van der Waals surface area contributed by atoms with Crippen LogP contribution in [-0.2, 0) is 45.8 Å². The van der Waals surface area contributed by atoms with Gasteiger partial charge in [-0.1, -0.05) is 89.3 Å². The number of phosphoric ester groups is 1. The molecule has 1 saturated heterocycles. The Morgan fingerprint density at radius 3 is 2.36 bits per heavy atom. The van der Waals surface area contributed by atoms with Crippen molar-refractivity contribution in [2.45, 2.75) is 89.9 Å². The number of nitrogens with two attached hydrogens (primary N) is 1. The summed E-state index contributed by atoms with van der Waals surface area (Å²) < 4.78 is 82.7. The number of fused-ring (bicyclic) bond motifs is 2. The molecule has 1 amide bonds. The molecule has 0 radical (unpaired) electrons. The van der Waals surface area contributed by atoms with E-state index in [1.807, 2.05) is 32.0 Å². The number of anilines is 2. The summed E-state index contributed by atoms with van der Waals surface area (Å²) in [5.74, 6) is 4.24. The van der Waals surface area contributed by atoms with Gasteiger partial charge in [0.05, 0.1) is 24.8 Å². The van der Waals surface area contributed by atoms with Crippen LogP contribution in [0.1, 0.15) is 97.7 Å². The van der Waals surface area contributed by atoms with E-state index in [-0.39, 0.29) is 72.6 Å². The molecule has 6 atom stereocenters. The Bertz CT molecular complexity index is 4420. The van der Waals surface area contributed by atoms with Crippen LogP contribution in [0.2, 0.25) is 5.02 Å². The van der Waals surface area contributed by atoms with Crippen molar-refractivity contribution in [2.75, 3.05) is 56.8 Å². The van der Waals surface area contributed by atoms with E-state index >= 15 is 0 Å². The van der Waals surface area contributed by atoms with Crippen molar-refractivity contribution in [3.8, 4) is 40.2 Å². The molecule has 0 saturated carbocycles. The number of Topliss-reactive ketones (excluding diaryl/α,β-unsaturated/α-hetero) is 2. The molecule has 95 heavy (non-hydrogen) atoms. The van der Waals surface area contributed by atoms with E-state index < -0.39 is 85.3 Å². The lowest BCUT2D eigenvalue weighted by molar-refractivity contribution is -0.127. The molecule has 7 aromatic rings. The molecule has 33 nitrogen and oxygen atoms in total. The number of ether oxygens (including phenoxy) is 4. The fraction of sp³-hybridized carbons (Fsp3) is 0.362. The number of halogens is 1. The van der Waals surface area contributed by atoms with Crippen molar-refractivity contribution in [2.24, 2.45) is 10.2 Å². The van der Waals surface area contributed by atoms with E-state index in [9.17, 15) is 53.0 Å². The second-order valence-corrected chi connectivity index (χ2v) is 25.6. The quantitative estimate of drug-likeness (QED) is 0.00319. The second-order valence-electron chi connectivity index (χ2n) is 20.7. The summed E-state index contributed by atoms with van der Waals surface area (Å²) in [4.78, 5) is 120. The van der Waals surface area contributed by atoms with Gasteiger partial charge in [0, 0.05) is 87.2 Å². The van der Waals surface area contributed by atoms with Crippen molar-refractivity contribution < 1.29 is 88.6 Å². The fourth-order valence-electron chi connectivity index (χ4n) is 9.99. The molecule has 4 heterocycles. The molecule has 37 heteroatoms. The van der Waals surface area contributed by atoms with Crippen LogP contribution in [0.4, 0.5) is 11.5 Å². The predicted octanol–water partition coefficient (Wildman–Crippen LogP) is 10.2. The van der Waals surface area contributed by atoms with Gasteiger partial charge in [-0.2, -0.15) is 13.6 Å². The zero-order chi connectivity index (χ0) is 68.5. The van der Waals surface area contributed by atoms with Crippen LogP contribution >= 0.6 is 35.1 Å². The highest BCUT2D eigenvalue weighted by Crippen LogP contribution is 2.66. The average molecular weight is 1390 g/mol. The number of hydrogen-bond donors (Lipinski definition) is 6. The number of azide groups is 2. The first-order valence-corrected chi connectivity index (χ1v) is 34.0. The minimum Gasteiger partial charge on any atom is -0.491 e. The number of carbonyl (C=O) groups is 3. The maximum Gasteiger partial charge on any atom is 0.490 e. The summed E-state index contributed by atoms with van der Waals surface area (Å²) in [5.41, 5.74) is 26.1. The second kappa shape index (κ2) is 33.2. The smallest absolute Gasteiger partial charge is 0.490 e. The minimum absolute atomic E-state index is 0.0259. The number of benzene rings is 4. The van der Waals surface area contributed by atoms with Crippen molar-refractivity contribution in [1.82, 2.24) is 19.9 Å². The van der Waals surface area contributed by atoms with Crippen LogP contribution in [0.25, 0.3) is 65.5 Å². The monoisotopic (exact) mass is 1390 g/mol. The number of hydrogen-bond acceptors (Lipinski definition) is 23. The van der Waals surface area contributed by atoms with E-state index in [2.05, 4.69) is 65.2 Å². The number of nitrogen functional groups attached to an aromatic ring is 1. The molecule has 1 aliphatic rings. The van der Waals surface area contributed by atoms with Crippen LogP contribution in [-0.4, -0.2) is 116 Å². The number of amides is 1. The Hall–Kier alpha value is -8.59. The normalized spacial score (nSPS) is 16.1. The Morgan fingerprint density at radius 1 is 0.874 bits per heavy atom.